The Morgan fingerprint density at radius 3 is 2.52 bits per heavy atom. The lowest BCUT2D eigenvalue weighted by molar-refractivity contribution is 0.0600. The van der Waals surface area contributed by atoms with Gasteiger partial charge in [0.15, 0.2) is 6.29 Å². The van der Waals surface area contributed by atoms with Gasteiger partial charge < -0.3 is 19.6 Å². The van der Waals surface area contributed by atoms with E-state index >= 15 is 0 Å². The maximum Gasteiger partial charge on any atom is 0.407 e. The first kappa shape index (κ1) is 16.8. The number of aldehydes is 1. The fourth-order valence-corrected chi connectivity index (χ4v) is 2.88. The summed E-state index contributed by atoms with van der Waals surface area (Å²) < 4.78 is 4.66. The van der Waals surface area contributed by atoms with E-state index in [1.807, 2.05) is 18.7 Å². The highest BCUT2D eigenvalue weighted by atomic mass is 16.5. The van der Waals surface area contributed by atoms with Gasteiger partial charge in [0.1, 0.15) is 0 Å². The van der Waals surface area contributed by atoms with Crippen molar-refractivity contribution in [1.29, 1.82) is 0 Å². The molecule has 1 heterocycles. The fourth-order valence-electron chi connectivity index (χ4n) is 2.88. The zero-order chi connectivity index (χ0) is 17.1. The van der Waals surface area contributed by atoms with E-state index in [0.29, 0.717) is 36.2 Å². The van der Waals surface area contributed by atoms with E-state index < -0.39 is 12.1 Å². The van der Waals surface area contributed by atoms with Gasteiger partial charge in [-0.05, 0) is 32.0 Å². The lowest BCUT2D eigenvalue weighted by Gasteiger charge is -2.44. The van der Waals surface area contributed by atoms with Crippen molar-refractivity contribution in [3.8, 4) is 0 Å². The van der Waals surface area contributed by atoms with Crippen LogP contribution in [0.15, 0.2) is 18.2 Å². The topological polar surface area (TPSA) is 87.2 Å². The third-order valence-corrected chi connectivity index (χ3v) is 4.12. The molecule has 7 nitrogen and oxygen atoms in total. The molecule has 0 aromatic heterocycles. The molecule has 1 fully saturated rings. The monoisotopic (exact) mass is 320 g/mol. The summed E-state index contributed by atoms with van der Waals surface area (Å²) >= 11 is 0. The van der Waals surface area contributed by atoms with E-state index in [1.165, 1.54) is 18.1 Å². The van der Waals surface area contributed by atoms with Crippen LogP contribution >= 0.6 is 0 Å². The molecule has 0 spiro atoms. The van der Waals surface area contributed by atoms with Crippen LogP contribution in [0.1, 0.15) is 34.6 Å². The van der Waals surface area contributed by atoms with Gasteiger partial charge in [0, 0.05) is 36.4 Å². The van der Waals surface area contributed by atoms with Crippen LogP contribution in [0.4, 0.5) is 10.5 Å². The minimum atomic E-state index is -0.944. The van der Waals surface area contributed by atoms with Crippen LogP contribution < -0.4 is 4.90 Å². The first-order chi connectivity index (χ1) is 10.9. The highest BCUT2D eigenvalue weighted by molar-refractivity contribution is 5.94. The van der Waals surface area contributed by atoms with E-state index in [-0.39, 0.29) is 12.1 Å². The summed E-state index contributed by atoms with van der Waals surface area (Å²) in [7, 11) is 1.28. The van der Waals surface area contributed by atoms with Gasteiger partial charge in [-0.25, -0.2) is 9.59 Å². The van der Waals surface area contributed by atoms with E-state index in [0.717, 1.165) is 0 Å². The number of ether oxygens (including phenoxy) is 1. The number of hydrogen-bond donors (Lipinski definition) is 1. The van der Waals surface area contributed by atoms with Crippen molar-refractivity contribution in [3.63, 3.8) is 0 Å². The maximum absolute atomic E-state index is 11.6. The highest BCUT2D eigenvalue weighted by Crippen LogP contribution is 2.27. The molecule has 2 atom stereocenters. The molecule has 0 saturated carbocycles. The lowest BCUT2D eigenvalue weighted by Crippen LogP contribution is -2.58. The summed E-state index contributed by atoms with van der Waals surface area (Å²) in [6.45, 7) is 4.57. The number of hydrogen-bond acceptors (Lipinski definition) is 5. The largest absolute Gasteiger partial charge is 0.465 e. The Hall–Kier alpha value is -2.57. The fraction of sp³-hybridized carbons (Fsp3) is 0.438. The Balaban J connectivity index is 2.33. The van der Waals surface area contributed by atoms with Gasteiger partial charge in [-0.3, -0.25) is 4.79 Å². The Morgan fingerprint density at radius 2 is 1.96 bits per heavy atom. The van der Waals surface area contributed by atoms with Crippen LogP contribution in [0.3, 0.4) is 0 Å². The van der Waals surface area contributed by atoms with Gasteiger partial charge >= 0.3 is 12.1 Å². The summed E-state index contributed by atoms with van der Waals surface area (Å²) in [5, 5.41) is 9.21. The molecule has 2 unspecified atom stereocenters. The van der Waals surface area contributed by atoms with Crippen LogP contribution in [0.25, 0.3) is 0 Å². The van der Waals surface area contributed by atoms with Crippen molar-refractivity contribution < 1.29 is 24.2 Å². The van der Waals surface area contributed by atoms with Crippen LogP contribution in [-0.2, 0) is 4.74 Å². The molecule has 1 amide bonds. The lowest BCUT2D eigenvalue weighted by atomic mass is 10.0. The van der Waals surface area contributed by atoms with Crippen LogP contribution in [-0.4, -0.2) is 60.6 Å². The van der Waals surface area contributed by atoms with Gasteiger partial charge in [-0.15, -0.1) is 0 Å². The van der Waals surface area contributed by atoms with E-state index in [2.05, 4.69) is 4.74 Å². The summed E-state index contributed by atoms with van der Waals surface area (Å²) in [5.74, 6) is -0.503. The van der Waals surface area contributed by atoms with Gasteiger partial charge in [0.25, 0.3) is 0 Å². The van der Waals surface area contributed by atoms with Gasteiger partial charge in [-0.2, -0.15) is 0 Å². The quantitative estimate of drug-likeness (QED) is 0.676. The van der Waals surface area contributed by atoms with Crippen molar-refractivity contribution in [2.45, 2.75) is 25.9 Å². The van der Waals surface area contributed by atoms with Crippen molar-refractivity contribution in [3.05, 3.63) is 29.3 Å². The van der Waals surface area contributed by atoms with Crippen molar-refractivity contribution in [2.75, 3.05) is 25.1 Å². The number of carbonyl (C=O) groups excluding carboxylic acids is 2. The van der Waals surface area contributed by atoms with Gasteiger partial charge in [0.05, 0.1) is 12.7 Å². The van der Waals surface area contributed by atoms with Crippen molar-refractivity contribution >= 4 is 24.0 Å². The second-order valence-corrected chi connectivity index (χ2v) is 5.67. The van der Waals surface area contributed by atoms with Crippen LogP contribution in [0.5, 0.6) is 0 Å². The summed E-state index contributed by atoms with van der Waals surface area (Å²) in [6.07, 6.45) is -0.247. The Morgan fingerprint density at radius 1 is 1.26 bits per heavy atom. The number of methoxy groups -OCH3 is 1. The van der Waals surface area contributed by atoms with Gasteiger partial charge in [0.2, 0.25) is 0 Å². The molecule has 0 radical (unpaired) electrons. The molecule has 1 N–H and O–H groups in total. The normalized spacial score (nSPS) is 21.0. The zero-order valence-corrected chi connectivity index (χ0v) is 13.4. The Labute approximate surface area is 134 Å². The molecule has 1 aromatic rings. The number of esters is 1. The number of rotatable bonds is 3. The summed E-state index contributed by atoms with van der Waals surface area (Å²) in [4.78, 5) is 37.6. The molecule has 0 bridgehead atoms. The molecule has 1 saturated heterocycles. The molecule has 1 aliphatic rings. The van der Waals surface area contributed by atoms with E-state index in [1.54, 1.807) is 12.1 Å². The number of carbonyl (C=O) groups is 3. The molecule has 2 rings (SSSR count). The predicted octanol–water partition coefficient (Wildman–Crippen LogP) is 1.86. The van der Waals surface area contributed by atoms with Crippen molar-refractivity contribution in [1.82, 2.24) is 4.90 Å². The number of nitrogens with zero attached hydrogens (tertiary/aromatic N) is 2. The SMILES string of the molecule is COC(=O)c1ccc(N2CC(C)N(C(=O)O)CC2C)c(C=O)c1. The highest BCUT2D eigenvalue weighted by Gasteiger charge is 2.32. The van der Waals surface area contributed by atoms with Gasteiger partial charge in [-0.1, -0.05) is 0 Å². The minimum absolute atomic E-state index is 0.0787. The van der Waals surface area contributed by atoms with Crippen LogP contribution in [0, 0.1) is 0 Å². The number of amides is 1. The average molecular weight is 320 g/mol. The molecular weight excluding hydrogens is 300 g/mol. The molecule has 0 aliphatic carbocycles. The first-order valence-corrected chi connectivity index (χ1v) is 7.32. The number of anilines is 1. The number of carboxylic acid groups (broad SMARTS) is 1. The standard InChI is InChI=1S/C16H20N2O5/c1-10-8-18(16(21)22)11(2)7-17(10)14-5-4-12(15(20)23-3)6-13(14)9-19/h4-6,9-11H,7-8H2,1-3H3,(H,21,22). The zero-order valence-electron chi connectivity index (χ0n) is 13.4. The van der Waals surface area contributed by atoms with E-state index in [4.69, 9.17) is 0 Å². The molecule has 1 aliphatic heterocycles. The summed E-state index contributed by atoms with van der Waals surface area (Å²) in [5.41, 5.74) is 1.39. The second kappa shape index (κ2) is 6.68. The molecule has 23 heavy (non-hydrogen) atoms. The van der Waals surface area contributed by atoms with Crippen LogP contribution in [0.2, 0.25) is 0 Å². The third-order valence-electron chi connectivity index (χ3n) is 4.12. The minimum Gasteiger partial charge on any atom is -0.465 e. The number of benzene rings is 1. The molecule has 1 aromatic carbocycles. The first-order valence-electron chi connectivity index (χ1n) is 7.32. The predicted molar refractivity (Wildman–Crippen MR) is 84.2 cm³/mol. The Kier molecular flexibility index (Phi) is 4.88. The molecular formula is C16H20N2O5. The average Bonchev–Trinajstić information content (AvgIpc) is 2.55. The smallest absolute Gasteiger partial charge is 0.407 e. The maximum atomic E-state index is 11.6. The summed E-state index contributed by atoms with van der Waals surface area (Å²) in [6, 6.07) is 4.54. The second-order valence-electron chi connectivity index (χ2n) is 5.67. The van der Waals surface area contributed by atoms with Crippen molar-refractivity contribution in [2.24, 2.45) is 0 Å². The molecule has 7 heteroatoms. The Bertz CT molecular complexity index is 631. The number of piperazine rings is 1. The third kappa shape index (κ3) is 3.28. The molecule has 124 valence electrons. The van der Waals surface area contributed by atoms with E-state index in [9.17, 15) is 19.5 Å².